The Bertz CT molecular complexity index is 400. The zero-order chi connectivity index (χ0) is 12.8. The molecule has 2 heteroatoms. The number of carbonyl (C=O) groups is 1. The molecule has 0 bridgehead atoms. The molecule has 0 N–H and O–H groups in total. The molecule has 1 aromatic rings. The average molecular weight is 262 g/mol. The van der Waals surface area contributed by atoms with Crippen LogP contribution < -0.4 is 0 Å². The maximum atomic E-state index is 12.0. The molecule has 0 aromatic heterocycles. The summed E-state index contributed by atoms with van der Waals surface area (Å²) in [7, 11) is 0. The van der Waals surface area contributed by atoms with Gasteiger partial charge in [-0.3, -0.25) is 4.79 Å². The van der Waals surface area contributed by atoms with Crippen LogP contribution >= 0.6 is 11.8 Å². The van der Waals surface area contributed by atoms with E-state index in [1.54, 1.807) is 0 Å². The maximum absolute atomic E-state index is 12.0. The zero-order valence-corrected chi connectivity index (χ0v) is 12.0. The van der Waals surface area contributed by atoms with Gasteiger partial charge in [0.05, 0.1) is 0 Å². The van der Waals surface area contributed by atoms with Crippen molar-refractivity contribution in [2.45, 2.75) is 62.0 Å². The van der Waals surface area contributed by atoms with E-state index >= 15 is 0 Å². The quantitative estimate of drug-likeness (QED) is 0.664. The first kappa shape index (κ1) is 13.7. The first-order valence-electron chi connectivity index (χ1n) is 7.10. The zero-order valence-electron chi connectivity index (χ0n) is 11.2. The third-order valence-electron chi connectivity index (χ3n) is 3.52. The van der Waals surface area contributed by atoms with Crippen LogP contribution in [0.4, 0.5) is 0 Å². The largest absolute Gasteiger partial charge is 0.294 e. The minimum Gasteiger partial charge on any atom is -0.294 e. The second-order valence-corrected chi connectivity index (χ2v) is 6.41. The topological polar surface area (TPSA) is 17.1 Å². The molecule has 0 spiro atoms. The fourth-order valence-corrected chi connectivity index (χ4v) is 3.82. The summed E-state index contributed by atoms with van der Waals surface area (Å²) >= 11 is 1.90. The lowest BCUT2D eigenvalue weighted by Gasteiger charge is -2.22. The van der Waals surface area contributed by atoms with Crippen LogP contribution in [0.25, 0.3) is 0 Å². The summed E-state index contributed by atoms with van der Waals surface area (Å²) in [6.07, 6.45) is 8.50. The number of thioether (sulfide) groups is 1. The van der Waals surface area contributed by atoms with Gasteiger partial charge in [0.15, 0.2) is 5.78 Å². The Balaban J connectivity index is 1.82. The monoisotopic (exact) mass is 262 g/mol. The predicted molar refractivity (Wildman–Crippen MR) is 78.4 cm³/mol. The molecule has 0 radical (unpaired) electrons. The molecule has 1 nitrogen and oxygen atoms in total. The van der Waals surface area contributed by atoms with Crippen molar-refractivity contribution in [3.8, 4) is 0 Å². The van der Waals surface area contributed by atoms with Crippen LogP contribution in [0.5, 0.6) is 0 Å². The second-order valence-electron chi connectivity index (χ2n) is 5.07. The van der Waals surface area contributed by atoms with E-state index in [9.17, 15) is 4.79 Å². The molecule has 1 aromatic carbocycles. The van der Waals surface area contributed by atoms with Gasteiger partial charge in [-0.15, -0.1) is 11.8 Å². The van der Waals surface area contributed by atoms with Gasteiger partial charge >= 0.3 is 0 Å². The SMILES string of the molecule is CCCCCCCC1CC(=O)c2ccccc2S1. The Labute approximate surface area is 114 Å². The molecule has 0 fully saturated rings. The Morgan fingerprint density at radius 2 is 1.94 bits per heavy atom. The van der Waals surface area contributed by atoms with Gasteiger partial charge in [-0.25, -0.2) is 0 Å². The third-order valence-corrected chi connectivity index (χ3v) is 4.87. The second kappa shape index (κ2) is 6.98. The van der Waals surface area contributed by atoms with Gasteiger partial charge < -0.3 is 0 Å². The maximum Gasteiger partial charge on any atom is 0.165 e. The van der Waals surface area contributed by atoms with E-state index in [-0.39, 0.29) is 0 Å². The van der Waals surface area contributed by atoms with E-state index in [4.69, 9.17) is 0 Å². The van der Waals surface area contributed by atoms with E-state index in [2.05, 4.69) is 13.0 Å². The van der Waals surface area contributed by atoms with E-state index in [1.165, 1.54) is 43.4 Å². The highest BCUT2D eigenvalue weighted by molar-refractivity contribution is 8.00. The summed E-state index contributed by atoms with van der Waals surface area (Å²) in [6.45, 7) is 2.24. The van der Waals surface area contributed by atoms with Crippen molar-refractivity contribution in [2.75, 3.05) is 0 Å². The molecule has 18 heavy (non-hydrogen) atoms. The van der Waals surface area contributed by atoms with Gasteiger partial charge in [0.2, 0.25) is 0 Å². The highest BCUT2D eigenvalue weighted by Crippen LogP contribution is 2.37. The number of ketones is 1. The van der Waals surface area contributed by atoms with Gasteiger partial charge in [-0.2, -0.15) is 0 Å². The molecule has 0 amide bonds. The van der Waals surface area contributed by atoms with Crippen molar-refractivity contribution in [3.63, 3.8) is 0 Å². The van der Waals surface area contributed by atoms with Crippen LogP contribution in [0.15, 0.2) is 29.2 Å². The van der Waals surface area contributed by atoms with Crippen LogP contribution in [0.2, 0.25) is 0 Å². The summed E-state index contributed by atoms with van der Waals surface area (Å²) in [6, 6.07) is 8.04. The lowest BCUT2D eigenvalue weighted by molar-refractivity contribution is 0.0975. The Morgan fingerprint density at radius 1 is 1.17 bits per heavy atom. The molecule has 1 unspecified atom stereocenters. The fourth-order valence-electron chi connectivity index (χ4n) is 2.47. The molecular formula is C16H22OS. The average Bonchev–Trinajstić information content (AvgIpc) is 2.39. The summed E-state index contributed by atoms with van der Waals surface area (Å²) < 4.78 is 0. The Morgan fingerprint density at radius 3 is 2.78 bits per heavy atom. The first-order valence-corrected chi connectivity index (χ1v) is 7.98. The standard InChI is InChI=1S/C16H22OS/c1-2-3-4-5-6-9-13-12-15(17)14-10-7-8-11-16(14)18-13/h7-8,10-11,13H,2-6,9,12H2,1H3. The number of hydrogen-bond acceptors (Lipinski definition) is 2. The van der Waals surface area contributed by atoms with E-state index < -0.39 is 0 Å². The van der Waals surface area contributed by atoms with Crippen LogP contribution in [0, 0.1) is 0 Å². The molecule has 1 atom stereocenters. The van der Waals surface area contributed by atoms with Crippen molar-refractivity contribution >= 4 is 17.5 Å². The molecule has 0 saturated carbocycles. The highest BCUT2D eigenvalue weighted by atomic mass is 32.2. The molecule has 1 aliphatic rings. The molecular weight excluding hydrogens is 240 g/mol. The van der Waals surface area contributed by atoms with Crippen molar-refractivity contribution in [1.29, 1.82) is 0 Å². The van der Waals surface area contributed by atoms with Crippen LogP contribution in [-0.2, 0) is 0 Å². The number of Topliss-reactive ketones (excluding diaryl/α,β-unsaturated/α-hetero) is 1. The number of carbonyl (C=O) groups excluding carboxylic acids is 1. The van der Waals surface area contributed by atoms with Crippen molar-refractivity contribution < 1.29 is 4.79 Å². The van der Waals surface area contributed by atoms with E-state index in [1.807, 2.05) is 30.0 Å². The lowest BCUT2D eigenvalue weighted by Crippen LogP contribution is -2.17. The van der Waals surface area contributed by atoms with Gasteiger partial charge in [-0.1, -0.05) is 57.2 Å². The van der Waals surface area contributed by atoms with Crippen molar-refractivity contribution in [1.82, 2.24) is 0 Å². The number of hydrogen-bond donors (Lipinski definition) is 0. The van der Waals surface area contributed by atoms with Gasteiger partial charge in [0.25, 0.3) is 0 Å². The molecule has 98 valence electrons. The van der Waals surface area contributed by atoms with Crippen LogP contribution in [0.1, 0.15) is 62.2 Å². The highest BCUT2D eigenvalue weighted by Gasteiger charge is 2.24. The predicted octanol–water partition coefficient (Wildman–Crippen LogP) is 5.09. The van der Waals surface area contributed by atoms with E-state index in [0.717, 1.165) is 12.0 Å². The van der Waals surface area contributed by atoms with Crippen LogP contribution in [0.3, 0.4) is 0 Å². The Hall–Kier alpha value is -0.760. The normalized spacial score (nSPS) is 18.7. The van der Waals surface area contributed by atoms with Crippen molar-refractivity contribution in [2.24, 2.45) is 0 Å². The molecule has 1 heterocycles. The number of fused-ring (bicyclic) bond motifs is 1. The third kappa shape index (κ3) is 3.61. The summed E-state index contributed by atoms with van der Waals surface area (Å²) in [5.41, 5.74) is 0.935. The van der Waals surface area contributed by atoms with Gasteiger partial charge in [0, 0.05) is 22.1 Å². The molecule has 2 rings (SSSR count). The van der Waals surface area contributed by atoms with E-state index in [0.29, 0.717) is 11.0 Å². The van der Waals surface area contributed by atoms with Crippen molar-refractivity contribution in [3.05, 3.63) is 29.8 Å². The fraction of sp³-hybridized carbons (Fsp3) is 0.562. The smallest absolute Gasteiger partial charge is 0.165 e. The molecule has 0 aliphatic carbocycles. The number of unbranched alkanes of at least 4 members (excludes halogenated alkanes) is 4. The summed E-state index contributed by atoms with van der Waals surface area (Å²) in [5, 5.41) is 0.508. The summed E-state index contributed by atoms with van der Waals surface area (Å²) in [4.78, 5) is 13.2. The number of benzene rings is 1. The van der Waals surface area contributed by atoms with Gasteiger partial charge in [-0.05, 0) is 12.5 Å². The minimum absolute atomic E-state index is 0.336. The first-order chi connectivity index (χ1) is 8.81. The summed E-state index contributed by atoms with van der Waals surface area (Å²) in [5.74, 6) is 0.336. The Kier molecular flexibility index (Phi) is 5.30. The minimum atomic E-state index is 0.336. The number of rotatable bonds is 6. The van der Waals surface area contributed by atoms with Crippen LogP contribution in [-0.4, -0.2) is 11.0 Å². The molecule has 1 aliphatic heterocycles. The molecule has 0 saturated heterocycles. The lowest BCUT2D eigenvalue weighted by atomic mass is 10.0. The van der Waals surface area contributed by atoms with Gasteiger partial charge in [0.1, 0.15) is 0 Å².